The van der Waals surface area contributed by atoms with Crippen LogP contribution in [-0.4, -0.2) is 96.7 Å². The Bertz CT molecular complexity index is 2590. The summed E-state index contributed by atoms with van der Waals surface area (Å²) in [4.78, 5) is 73.0. The van der Waals surface area contributed by atoms with Gasteiger partial charge in [0.25, 0.3) is 0 Å². The van der Waals surface area contributed by atoms with Gasteiger partial charge in [-0.15, -0.1) is 0 Å². The minimum absolute atomic E-state index is 0.0288. The van der Waals surface area contributed by atoms with Crippen LogP contribution in [0, 0.1) is 0 Å². The van der Waals surface area contributed by atoms with E-state index in [2.05, 4.69) is 167 Å². The van der Waals surface area contributed by atoms with Crippen LogP contribution < -0.4 is 0 Å². The van der Waals surface area contributed by atoms with Gasteiger partial charge >= 0.3 is 39.5 Å². The molecule has 0 aliphatic heterocycles. The van der Waals surface area contributed by atoms with Crippen LogP contribution in [0.1, 0.15) is 297 Å². The molecule has 0 heterocycles. The number of phosphoric ester groups is 2. The minimum atomic E-state index is -5.00. The Hall–Kier alpha value is -5.32. The lowest BCUT2D eigenvalue weighted by molar-refractivity contribution is -0.161. The zero-order valence-electron chi connectivity index (χ0n) is 64.6. The van der Waals surface area contributed by atoms with E-state index >= 15 is 0 Å². The van der Waals surface area contributed by atoms with Crippen molar-refractivity contribution in [3.63, 3.8) is 0 Å². The average Bonchev–Trinajstić information content (AvgIpc) is 0.911. The van der Waals surface area contributed by atoms with Crippen molar-refractivity contribution in [3.8, 4) is 0 Å². The number of ether oxygens (including phenoxy) is 4. The number of esters is 4. The summed E-state index contributed by atoms with van der Waals surface area (Å²) in [6, 6.07) is 0. The highest BCUT2D eigenvalue weighted by Crippen LogP contribution is 2.45. The first-order chi connectivity index (χ1) is 50.7. The summed E-state index contributed by atoms with van der Waals surface area (Å²) in [6.45, 7) is 4.39. The van der Waals surface area contributed by atoms with Crippen molar-refractivity contribution in [2.75, 3.05) is 39.6 Å². The second-order valence-electron chi connectivity index (χ2n) is 25.9. The monoisotopic (exact) mass is 1490 g/mol. The van der Waals surface area contributed by atoms with Crippen molar-refractivity contribution < 1.29 is 80.2 Å². The van der Waals surface area contributed by atoms with Gasteiger partial charge in [-0.1, -0.05) is 276 Å². The van der Waals surface area contributed by atoms with E-state index in [1.165, 1.54) is 25.7 Å². The molecule has 0 spiro atoms. The van der Waals surface area contributed by atoms with E-state index in [4.69, 9.17) is 37.0 Å². The molecule has 0 bridgehead atoms. The van der Waals surface area contributed by atoms with Gasteiger partial charge in [0.15, 0.2) is 12.2 Å². The first kappa shape index (κ1) is 98.7. The molecule has 17 nitrogen and oxygen atoms in total. The molecule has 0 aliphatic rings. The van der Waals surface area contributed by atoms with Crippen LogP contribution in [0.5, 0.6) is 0 Å². The van der Waals surface area contributed by atoms with Crippen molar-refractivity contribution in [3.05, 3.63) is 158 Å². The van der Waals surface area contributed by atoms with Gasteiger partial charge in [0.1, 0.15) is 19.3 Å². The Balaban J connectivity index is 5.46. The number of hydrogen-bond acceptors (Lipinski definition) is 15. The third kappa shape index (κ3) is 74.9. The lowest BCUT2D eigenvalue weighted by Gasteiger charge is -2.21. The largest absolute Gasteiger partial charge is 0.472 e. The zero-order valence-corrected chi connectivity index (χ0v) is 66.4. The predicted octanol–water partition coefficient (Wildman–Crippen LogP) is 23.2. The number of hydrogen-bond donors (Lipinski definition) is 3. The van der Waals surface area contributed by atoms with E-state index in [9.17, 15) is 43.2 Å². The van der Waals surface area contributed by atoms with Crippen LogP contribution in [-0.2, 0) is 65.4 Å². The van der Waals surface area contributed by atoms with E-state index < -0.39 is 97.5 Å². The number of phosphoric acid groups is 2. The fourth-order valence-corrected chi connectivity index (χ4v) is 11.6. The van der Waals surface area contributed by atoms with Gasteiger partial charge in [-0.05, 0) is 154 Å². The number of unbranched alkanes of at least 4 members (excludes halogenated alkanes) is 21. The quantitative estimate of drug-likeness (QED) is 0.0169. The molecule has 0 aromatic heterocycles. The third-order valence-electron chi connectivity index (χ3n) is 16.0. The first-order valence-electron chi connectivity index (χ1n) is 39.7. The lowest BCUT2D eigenvalue weighted by atomic mass is 10.1. The van der Waals surface area contributed by atoms with Crippen LogP contribution in [0.2, 0.25) is 0 Å². The molecule has 0 aromatic rings. The maximum Gasteiger partial charge on any atom is 0.472 e. The predicted molar refractivity (Wildman–Crippen MR) is 427 cm³/mol. The number of aliphatic hydroxyl groups is 1. The Morgan fingerprint density at radius 1 is 0.279 bits per heavy atom. The SMILES string of the molecule is CC/C=C\C/C=C\C/C=C\C/C=C\C/C=C\C/C=C\CCC(=O)OCC(COP(=O)(O)OCC(O)COP(=O)(O)OCC(COC(=O)CCCCCCC/C=C\C/C=C\C/C=C\CC)OC(=O)CCCCCCC/C=C\CCCCCC)OC(=O)CCCCCCCCC/C=C\C/C=C\C/C=C\CC. The molecule has 0 aliphatic carbocycles. The van der Waals surface area contributed by atoms with Crippen LogP contribution in [0.25, 0.3) is 0 Å². The molecule has 0 amide bonds. The van der Waals surface area contributed by atoms with E-state index in [0.29, 0.717) is 32.1 Å². The zero-order chi connectivity index (χ0) is 76.0. The minimum Gasteiger partial charge on any atom is -0.462 e. The number of carbonyl (C=O) groups excluding carboxylic acids is 4. The summed E-state index contributed by atoms with van der Waals surface area (Å²) in [5, 5.41) is 10.6. The number of carbonyl (C=O) groups is 4. The lowest BCUT2D eigenvalue weighted by Crippen LogP contribution is -2.30. The smallest absolute Gasteiger partial charge is 0.462 e. The summed E-state index contributed by atoms with van der Waals surface area (Å²) in [5.74, 6) is -2.32. The molecular formula is C85H140O17P2. The van der Waals surface area contributed by atoms with Gasteiger partial charge in [-0.3, -0.25) is 37.3 Å². The number of rotatable bonds is 73. The first-order valence-corrected chi connectivity index (χ1v) is 42.7. The number of aliphatic hydroxyl groups excluding tert-OH is 1. The van der Waals surface area contributed by atoms with Crippen LogP contribution in [0.15, 0.2) is 158 Å². The topological polar surface area (TPSA) is 237 Å². The van der Waals surface area contributed by atoms with Gasteiger partial charge in [-0.25, -0.2) is 9.13 Å². The molecule has 592 valence electrons. The molecule has 0 radical (unpaired) electrons. The van der Waals surface area contributed by atoms with Crippen LogP contribution >= 0.6 is 15.6 Å². The van der Waals surface area contributed by atoms with Crippen molar-refractivity contribution in [2.45, 2.75) is 316 Å². The molecule has 19 heteroatoms. The Kier molecular flexibility index (Phi) is 72.0. The number of allylic oxidation sites excluding steroid dienone is 26. The fourth-order valence-electron chi connectivity index (χ4n) is 10.0. The molecule has 0 aromatic carbocycles. The molecule has 3 N–H and O–H groups in total. The summed E-state index contributed by atoms with van der Waals surface area (Å²) < 4.78 is 68.5. The van der Waals surface area contributed by atoms with Gasteiger partial charge in [0.05, 0.1) is 26.4 Å². The van der Waals surface area contributed by atoms with Crippen LogP contribution in [0.4, 0.5) is 0 Å². The van der Waals surface area contributed by atoms with Crippen molar-refractivity contribution in [2.24, 2.45) is 0 Å². The molecule has 5 atom stereocenters. The standard InChI is InChI=1S/C85H140O17P2/c1-5-9-13-17-21-25-29-33-36-38-39-41-43-47-50-54-58-62-66-70-83(88)96-76-81(102-85(90)72-68-64-60-56-52-48-44-40-37-34-30-26-22-18-14-10-6-2)78-100-104(93,94)98-74-79(86)73-97-103(91,92)99-77-80(101-84(89)71-67-63-59-55-51-45-32-28-24-20-16-12-8-4)75-95-82(87)69-65-61-57-53-49-46-42-35-31-27-23-19-15-11-7-3/h9-11,13-15,21-23,25-28,32-37,39,41-42,47,50,58,62,79-81,86H,5-8,12,16-20,24,29-31,38,40,43-46,48-49,51-57,59-61,63-78H2,1-4H3,(H,91,92)(H,93,94)/b13-9-,14-10-,15-11-,25-21-,26-22-,27-23-,32-28-,36-33-,37-34-,41-39-,42-35-,50-47-,62-58-. The summed E-state index contributed by atoms with van der Waals surface area (Å²) >= 11 is 0. The summed E-state index contributed by atoms with van der Waals surface area (Å²) in [5.41, 5.74) is 0. The van der Waals surface area contributed by atoms with Crippen molar-refractivity contribution in [1.29, 1.82) is 0 Å². The van der Waals surface area contributed by atoms with Gasteiger partial charge in [0.2, 0.25) is 0 Å². The third-order valence-corrected chi connectivity index (χ3v) is 17.9. The second-order valence-corrected chi connectivity index (χ2v) is 28.8. The molecule has 0 fully saturated rings. The maximum atomic E-state index is 13.1. The highest BCUT2D eigenvalue weighted by atomic mass is 31.2. The summed E-state index contributed by atoms with van der Waals surface area (Å²) in [6.07, 6.45) is 88.1. The van der Waals surface area contributed by atoms with Crippen molar-refractivity contribution >= 4 is 39.5 Å². The molecule has 5 unspecified atom stereocenters. The average molecular weight is 1500 g/mol. The van der Waals surface area contributed by atoms with Gasteiger partial charge in [0, 0.05) is 25.7 Å². The Morgan fingerprint density at radius 3 is 0.837 bits per heavy atom. The van der Waals surface area contributed by atoms with Crippen LogP contribution in [0.3, 0.4) is 0 Å². The Morgan fingerprint density at radius 2 is 0.519 bits per heavy atom. The normalized spacial score (nSPS) is 14.7. The maximum absolute atomic E-state index is 13.1. The van der Waals surface area contributed by atoms with E-state index in [0.717, 1.165) is 186 Å². The summed E-state index contributed by atoms with van der Waals surface area (Å²) in [7, 11) is -10.00. The molecule has 0 saturated heterocycles. The van der Waals surface area contributed by atoms with E-state index in [1.807, 2.05) is 18.2 Å². The van der Waals surface area contributed by atoms with Crippen molar-refractivity contribution in [1.82, 2.24) is 0 Å². The highest BCUT2D eigenvalue weighted by Gasteiger charge is 2.30. The molecule has 0 saturated carbocycles. The van der Waals surface area contributed by atoms with E-state index in [-0.39, 0.29) is 25.7 Å². The second kappa shape index (κ2) is 75.9. The highest BCUT2D eigenvalue weighted by molar-refractivity contribution is 7.47. The Labute approximate surface area is 629 Å². The fraction of sp³-hybridized carbons (Fsp3) is 0.647. The van der Waals surface area contributed by atoms with E-state index in [1.54, 1.807) is 0 Å². The molecule has 104 heavy (non-hydrogen) atoms. The van der Waals surface area contributed by atoms with Gasteiger partial charge in [-0.2, -0.15) is 0 Å². The molecular weight excluding hydrogens is 1350 g/mol. The molecule has 0 rings (SSSR count). The van der Waals surface area contributed by atoms with Gasteiger partial charge < -0.3 is 33.8 Å².